The molecule has 0 spiro atoms. The lowest BCUT2D eigenvalue weighted by molar-refractivity contribution is -0.135. The van der Waals surface area contributed by atoms with Gasteiger partial charge in [0.15, 0.2) is 0 Å². The molecule has 6 nitrogen and oxygen atoms in total. The van der Waals surface area contributed by atoms with Gasteiger partial charge in [-0.3, -0.25) is 4.79 Å². The van der Waals surface area contributed by atoms with Crippen LogP contribution in [0, 0.1) is 0 Å². The number of carbonyl (C=O) groups is 2. The Bertz CT molecular complexity index is 767. The molecule has 6 heteroatoms. The zero-order valence-electron chi connectivity index (χ0n) is 13.2. The summed E-state index contributed by atoms with van der Waals surface area (Å²) in [6.07, 6.45) is 2.86. The number of pyridine rings is 1. The van der Waals surface area contributed by atoms with Crippen LogP contribution < -0.4 is 4.74 Å². The van der Waals surface area contributed by atoms with E-state index < -0.39 is 11.9 Å². The number of carbonyl (C=O) groups excluding carboxylic acids is 2. The molecule has 2 rings (SSSR count). The second-order valence-electron chi connectivity index (χ2n) is 4.61. The molecule has 0 fully saturated rings. The predicted molar refractivity (Wildman–Crippen MR) is 85.1 cm³/mol. The maximum Gasteiger partial charge on any atom is 0.356 e. The molecule has 0 radical (unpaired) electrons. The molecule has 120 valence electrons. The summed E-state index contributed by atoms with van der Waals surface area (Å²) >= 11 is 0. The van der Waals surface area contributed by atoms with Gasteiger partial charge in [0.1, 0.15) is 11.4 Å². The van der Waals surface area contributed by atoms with Gasteiger partial charge >= 0.3 is 11.9 Å². The molecule has 1 aromatic heterocycles. The first kappa shape index (κ1) is 16.5. The van der Waals surface area contributed by atoms with Crippen molar-refractivity contribution in [2.75, 3.05) is 13.7 Å². The van der Waals surface area contributed by atoms with Crippen LogP contribution in [0.1, 0.15) is 29.9 Å². The van der Waals surface area contributed by atoms with E-state index in [-0.39, 0.29) is 12.3 Å². The standard InChI is InChI=1S/C17H17NO5/c1-4-22-17(20)16-9-12(7-8-23-11(2)19)14-10-13(21-3)5-6-15(14)18-16/h5-10H,4H2,1-3H3/b8-7-. The molecule has 0 aliphatic heterocycles. The second-order valence-corrected chi connectivity index (χ2v) is 4.61. The number of aromatic nitrogens is 1. The van der Waals surface area contributed by atoms with Crippen LogP contribution in [0.5, 0.6) is 5.75 Å². The molecule has 0 bridgehead atoms. The topological polar surface area (TPSA) is 74.7 Å². The molecule has 0 atom stereocenters. The van der Waals surface area contributed by atoms with E-state index >= 15 is 0 Å². The van der Waals surface area contributed by atoms with Gasteiger partial charge < -0.3 is 14.2 Å². The van der Waals surface area contributed by atoms with Crippen LogP contribution in [0.25, 0.3) is 17.0 Å². The lowest BCUT2D eigenvalue weighted by atomic mass is 10.1. The Hall–Kier alpha value is -2.89. The van der Waals surface area contributed by atoms with E-state index in [4.69, 9.17) is 14.2 Å². The molecule has 0 saturated heterocycles. The van der Waals surface area contributed by atoms with E-state index in [2.05, 4.69) is 4.98 Å². The third kappa shape index (κ3) is 4.06. The summed E-state index contributed by atoms with van der Waals surface area (Å²) in [4.78, 5) is 27.1. The van der Waals surface area contributed by atoms with Gasteiger partial charge in [0.05, 0.1) is 25.5 Å². The number of rotatable bonds is 5. The van der Waals surface area contributed by atoms with Crippen molar-refractivity contribution in [3.8, 4) is 5.75 Å². The quantitative estimate of drug-likeness (QED) is 0.624. The number of fused-ring (bicyclic) bond motifs is 1. The molecule has 1 heterocycles. The van der Waals surface area contributed by atoms with Crippen LogP contribution in [-0.4, -0.2) is 30.6 Å². The fourth-order valence-corrected chi connectivity index (χ4v) is 2.01. The van der Waals surface area contributed by atoms with Gasteiger partial charge in [-0.05, 0) is 42.8 Å². The van der Waals surface area contributed by atoms with E-state index in [1.807, 2.05) is 0 Å². The van der Waals surface area contributed by atoms with Gasteiger partial charge in [0, 0.05) is 12.3 Å². The SMILES string of the molecule is CCOC(=O)c1cc(/C=C\OC(C)=O)c2cc(OC)ccc2n1. The fraction of sp³-hybridized carbons (Fsp3) is 0.235. The minimum atomic E-state index is -0.507. The Morgan fingerprint density at radius 2 is 2.04 bits per heavy atom. The van der Waals surface area contributed by atoms with Crippen LogP contribution in [0.3, 0.4) is 0 Å². The molecule has 1 aromatic carbocycles. The zero-order chi connectivity index (χ0) is 16.8. The summed E-state index contributed by atoms with van der Waals surface area (Å²) < 4.78 is 15.0. The second kappa shape index (κ2) is 7.40. The number of esters is 2. The van der Waals surface area contributed by atoms with Crippen LogP contribution >= 0.6 is 0 Å². The van der Waals surface area contributed by atoms with Crippen molar-refractivity contribution in [3.05, 3.63) is 41.8 Å². The molecule has 0 amide bonds. The van der Waals surface area contributed by atoms with Gasteiger partial charge in [0.2, 0.25) is 0 Å². The molecule has 0 unspecified atom stereocenters. The Labute approximate surface area is 133 Å². The Morgan fingerprint density at radius 1 is 1.26 bits per heavy atom. The van der Waals surface area contributed by atoms with Crippen LogP contribution in [0.15, 0.2) is 30.5 Å². The number of ether oxygens (including phenoxy) is 3. The van der Waals surface area contributed by atoms with E-state index in [0.717, 1.165) is 5.39 Å². The highest BCUT2D eigenvalue weighted by Crippen LogP contribution is 2.25. The van der Waals surface area contributed by atoms with Crippen molar-refractivity contribution in [1.29, 1.82) is 0 Å². The average molecular weight is 315 g/mol. The predicted octanol–water partition coefficient (Wildman–Crippen LogP) is 2.95. The summed E-state index contributed by atoms with van der Waals surface area (Å²) in [5.41, 5.74) is 1.46. The van der Waals surface area contributed by atoms with Gasteiger partial charge in [-0.2, -0.15) is 0 Å². The Morgan fingerprint density at radius 3 is 2.70 bits per heavy atom. The molecular weight excluding hydrogens is 298 g/mol. The zero-order valence-corrected chi connectivity index (χ0v) is 13.2. The normalized spacial score (nSPS) is 10.7. The van der Waals surface area contributed by atoms with Crippen molar-refractivity contribution in [2.45, 2.75) is 13.8 Å². The largest absolute Gasteiger partial charge is 0.497 e. The molecule has 23 heavy (non-hydrogen) atoms. The third-order valence-corrected chi connectivity index (χ3v) is 3.01. The number of nitrogens with zero attached hydrogens (tertiary/aromatic N) is 1. The number of hydrogen-bond donors (Lipinski definition) is 0. The number of benzene rings is 1. The lowest BCUT2D eigenvalue weighted by Gasteiger charge is -2.08. The van der Waals surface area contributed by atoms with Crippen molar-refractivity contribution in [1.82, 2.24) is 4.98 Å². The number of hydrogen-bond acceptors (Lipinski definition) is 6. The molecule has 0 saturated carbocycles. The van der Waals surface area contributed by atoms with Crippen molar-refractivity contribution in [2.24, 2.45) is 0 Å². The first-order valence-electron chi connectivity index (χ1n) is 7.04. The Balaban J connectivity index is 2.54. The Kier molecular flexibility index (Phi) is 5.30. The molecule has 0 N–H and O–H groups in total. The molecular formula is C17H17NO5. The smallest absolute Gasteiger partial charge is 0.356 e. The van der Waals surface area contributed by atoms with Crippen molar-refractivity contribution >= 4 is 28.9 Å². The van der Waals surface area contributed by atoms with E-state index in [1.165, 1.54) is 13.2 Å². The van der Waals surface area contributed by atoms with Crippen molar-refractivity contribution in [3.63, 3.8) is 0 Å². The van der Waals surface area contributed by atoms with Crippen LogP contribution in [0.4, 0.5) is 0 Å². The maximum atomic E-state index is 11.9. The summed E-state index contributed by atoms with van der Waals surface area (Å²) in [5.74, 6) is -0.277. The molecule has 2 aromatic rings. The van der Waals surface area contributed by atoms with Gasteiger partial charge in [-0.25, -0.2) is 9.78 Å². The van der Waals surface area contributed by atoms with Crippen LogP contribution in [-0.2, 0) is 14.3 Å². The molecule has 0 aliphatic rings. The highest BCUT2D eigenvalue weighted by molar-refractivity contribution is 5.95. The van der Waals surface area contributed by atoms with Crippen LogP contribution in [0.2, 0.25) is 0 Å². The van der Waals surface area contributed by atoms with E-state index in [0.29, 0.717) is 16.8 Å². The first-order chi connectivity index (χ1) is 11.0. The van der Waals surface area contributed by atoms with Crippen molar-refractivity contribution < 1.29 is 23.8 Å². The minimum Gasteiger partial charge on any atom is -0.497 e. The van der Waals surface area contributed by atoms with Gasteiger partial charge in [0.25, 0.3) is 0 Å². The van der Waals surface area contributed by atoms with Gasteiger partial charge in [-0.15, -0.1) is 0 Å². The fourth-order valence-electron chi connectivity index (χ4n) is 2.01. The van der Waals surface area contributed by atoms with Gasteiger partial charge in [-0.1, -0.05) is 0 Å². The summed E-state index contributed by atoms with van der Waals surface area (Å²) in [7, 11) is 1.57. The summed E-state index contributed by atoms with van der Waals surface area (Å²) in [5, 5.41) is 0.765. The van der Waals surface area contributed by atoms with E-state index in [9.17, 15) is 9.59 Å². The minimum absolute atomic E-state index is 0.187. The highest BCUT2D eigenvalue weighted by Gasteiger charge is 2.12. The number of methoxy groups -OCH3 is 1. The monoisotopic (exact) mass is 315 g/mol. The highest BCUT2D eigenvalue weighted by atomic mass is 16.5. The summed E-state index contributed by atoms with van der Waals surface area (Å²) in [6.45, 7) is 3.30. The lowest BCUT2D eigenvalue weighted by Crippen LogP contribution is -2.07. The average Bonchev–Trinajstić information content (AvgIpc) is 2.54. The summed E-state index contributed by atoms with van der Waals surface area (Å²) in [6, 6.07) is 6.88. The maximum absolute atomic E-state index is 11.9. The third-order valence-electron chi connectivity index (χ3n) is 3.01. The first-order valence-corrected chi connectivity index (χ1v) is 7.04. The van der Waals surface area contributed by atoms with E-state index in [1.54, 1.807) is 44.4 Å². The molecule has 0 aliphatic carbocycles.